The summed E-state index contributed by atoms with van der Waals surface area (Å²) in [4.78, 5) is 6.60. The van der Waals surface area contributed by atoms with Crippen LogP contribution in [0, 0.1) is 0 Å². The number of imidazole rings is 1. The van der Waals surface area contributed by atoms with Crippen molar-refractivity contribution in [2.24, 2.45) is 10.2 Å². The van der Waals surface area contributed by atoms with Crippen LogP contribution in [0.15, 0.2) is 22.6 Å². The Morgan fingerprint density at radius 1 is 1.29 bits per heavy atom. The van der Waals surface area contributed by atoms with Crippen molar-refractivity contribution < 1.29 is 0 Å². The Balaban J connectivity index is 2.26. The summed E-state index contributed by atoms with van der Waals surface area (Å²) in [5.74, 6) is 0.862. The normalized spacial score (nSPS) is 11.1. The largest absolute Gasteiger partial charge is 0.382 e. The molecule has 0 aliphatic heterocycles. The molecule has 0 aliphatic rings. The Morgan fingerprint density at radius 2 is 2.14 bits per heavy atom. The highest BCUT2D eigenvalue weighted by Crippen LogP contribution is 2.27. The Labute approximate surface area is 78.4 Å². The minimum atomic E-state index is 0.206. The minimum absolute atomic E-state index is 0.206. The van der Waals surface area contributed by atoms with Gasteiger partial charge in [0.2, 0.25) is 5.95 Å². The maximum atomic E-state index is 5.50. The van der Waals surface area contributed by atoms with Crippen LogP contribution in [0.25, 0.3) is 0 Å². The molecular formula is C6H8N8. The molecule has 0 saturated heterocycles. The molecule has 8 heteroatoms. The second kappa shape index (κ2) is 3.17. The molecule has 0 bridgehead atoms. The van der Waals surface area contributed by atoms with E-state index in [4.69, 9.17) is 11.5 Å². The third-order valence-electron chi connectivity index (χ3n) is 1.52. The summed E-state index contributed by atoms with van der Waals surface area (Å²) < 4.78 is 0. The average Bonchev–Trinajstić information content (AvgIpc) is 2.76. The van der Waals surface area contributed by atoms with E-state index in [1.165, 1.54) is 0 Å². The molecule has 0 radical (unpaired) electrons. The number of aromatic nitrogens is 4. The number of nitrogen functional groups attached to an aromatic ring is 2. The van der Waals surface area contributed by atoms with E-state index < -0.39 is 0 Å². The number of nitrogens with two attached hydrogens (primary N) is 2. The van der Waals surface area contributed by atoms with E-state index in [1.54, 1.807) is 12.4 Å². The molecule has 14 heavy (non-hydrogen) atoms. The number of hydrogen-bond donors (Lipinski definition) is 4. The second-order valence-corrected chi connectivity index (χ2v) is 2.48. The fourth-order valence-electron chi connectivity index (χ4n) is 0.878. The monoisotopic (exact) mass is 192 g/mol. The first kappa shape index (κ1) is 8.23. The second-order valence-electron chi connectivity index (χ2n) is 2.48. The predicted octanol–water partition coefficient (Wildman–Crippen LogP) is 0.713. The predicted molar refractivity (Wildman–Crippen MR) is 50.2 cm³/mol. The molecule has 0 unspecified atom stereocenters. The van der Waals surface area contributed by atoms with Gasteiger partial charge in [-0.15, -0.1) is 10.2 Å². The van der Waals surface area contributed by atoms with Gasteiger partial charge in [-0.2, -0.15) is 5.10 Å². The topological polar surface area (TPSA) is 134 Å². The number of H-pyrrole nitrogens is 2. The van der Waals surface area contributed by atoms with Crippen molar-refractivity contribution in [2.45, 2.75) is 0 Å². The van der Waals surface area contributed by atoms with Gasteiger partial charge in [-0.1, -0.05) is 0 Å². The molecule has 0 amide bonds. The number of nitrogens with zero attached hydrogens (tertiary/aromatic N) is 4. The van der Waals surface area contributed by atoms with Gasteiger partial charge in [0.25, 0.3) is 0 Å². The Morgan fingerprint density at radius 3 is 2.71 bits per heavy atom. The van der Waals surface area contributed by atoms with Gasteiger partial charge in [0.1, 0.15) is 5.82 Å². The molecule has 0 fully saturated rings. The fraction of sp³-hybridized carbons (Fsp3) is 0. The molecular weight excluding hydrogens is 184 g/mol. The number of hydrogen-bond acceptors (Lipinski definition) is 6. The highest BCUT2D eigenvalue weighted by molar-refractivity contribution is 5.70. The van der Waals surface area contributed by atoms with Crippen molar-refractivity contribution in [3.05, 3.63) is 12.4 Å². The smallest absolute Gasteiger partial charge is 0.246 e. The van der Waals surface area contributed by atoms with Crippen LogP contribution in [0.5, 0.6) is 0 Å². The Kier molecular flexibility index (Phi) is 1.86. The highest BCUT2D eigenvalue weighted by Gasteiger charge is 2.06. The van der Waals surface area contributed by atoms with Crippen LogP contribution in [0.3, 0.4) is 0 Å². The number of nitrogens with one attached hydrogen (secondary N) is 2. The molecule has 0 aliphatic carbocycles. The molecule has 72 valence electrons. The lowest BCUT2D eigenvalue weighted by Gasteiger charge is -1.88. The van der Waals surface area contributed by atoms with Gasteiger partial charge in [0.15, 0.2) is 11.5 Å². The quantitative estimate of drug-likeness (QED) is 0.521. The summed E-state index contributed by atoms with van der Waals surface area (Å²) >= 11 is 0. The van der Waals surface area contributed by atoms with E-state index in [9.17, 15) is 0 Å². The van der Waals surface area contributed by atoms with Crippen molar-refractivity contribution >= 4 is 23.3 Å². The molecule has 8 nitrogen and oxygen atoms in total. The summed E-state index contributed by atoms with van der Waals surface area (Å²) in [7, 11) is 0. The molecule has 2 aromatic rings. The third kappa shape index (κ3) is 1.40. The first-order valence-corrected chi connectivity index (χ1v) is 3.78. The van der Waals surface area contributed by atoms with E-state index in [1.807, 2.05) is 0 Å². The zero-order valence-corrected chi connectivity index (χ0v) is 7.10. The number of anilines is 2. The van der Waals surface area contributed by atoms with Crippen molar-refractivity contribution in [2.75, 3.05) is 11.5 Å². The standard InChI is InChI=1S/C6H8N8/c7-4-3(5(8)13-12-4)11-14-6-9-1-2-10-6/h1-2H,(H,9,10)(H5,7,8,12,13). The van der Waals surface area contributed by atoms with E-state index in [0.29, 0.717) is 11.6 Å². The lowest BCUT2D eigenvalue weighted by atomic mass is 10.5. The molecule has 0 spiro atoms. The summed E-state index contributed by atoms with van der Waals surface area (Å²) in [6.45, 7) is 0. The number of azo groups is 1. The molecule has 2 rings (SSSR count). The van der Waals surface area contributed by atoms with Crippen LogP contribution in [0.2, 0.25) is 0 Å². The van der Waals surface area contributed by atoms with Gasteiger partial charge in [0, 0.05) is 12.4 Å². The minimum Gasteiger partial charge on any atom is -0.382 e. The lowest BCUT2D eigenvalue weighted by molar-refractivity contribution is 1.11. The lowest BCUT2D eigenvalue weighted by Crippen LogP contribution is -1.84. The van der Waals surface area contributed by atoms with E-state index >= 15 is 0 Å². The van der Waals surface area contributed by atoms with Crippen LogP contribution in [0.1, 0.15) is 0 Å². The van der Waals surface area contributed by atoms with Gasteiger partial charge >= 0.3 is 0 Å². The van der Waals surface area contributed by atoms with Crippen LogP contribution in [-0.4, -0.2) is 20.2 Å². The summed E-state index contributed by atoms with van der Waals surface area (Å²) in [5.41, 5.74) is 11.3. The summed E-state index contributed by atoms with van der Waals surface area (Å²) in [5, 5.41) is 13.7. The Hall–Kier alpha value is -2.38. The van der Waals surface area contributed by atoms with Gasteiger partial charge in [0.05, 0.1) is 0 Å². The van der Waals surface area contributed by atoms with Gasteiger partial charge in [-0.25, -0.2) is 4.98 Å². The average molecular weight is 192 g/mol. The maximum Gasteiger partial charge on any atom is 0.246 e. The fourth-order valence-corrected chi connectivity index (χ4v) is 0.878. The highest BCUT2D eigenvalue weighted by atomic mass is 15.3. The molecule has 6 N–H and O–H groups in total. The molecule has 2 aromatic heterocycles. The molecule has 2 heterocycles. The van der Waals surface area contributed by atoms with Crippen molar-refractivity contribution in [1.29, 1.82) is 0 Å². The number of rotatable bonds is 2. The molecule has 0 aromatic carbocycles. The van der Waals surface area contributed by atoms with Crippen LogP contribution < -0.4 is 11.5 Å². The zero-order valence-electron chi connectivity index (χ0n) is 7.10. The van der Waals surface area contributed by atoms with Crippen LogP contribution in [0.4, 0.5) is 23.3 Å². The van der Waals surface area contributed by atoms with Crippen LogP contribution in [-0.2, 0) is 0 Å². The van der Waals surface area contributed by atoms with Gasteiger partial charge in [-0.05, 0) is 0 Å². The SMILES string of the molecule is Nc1n[nH]c(N)c1N=Nc1ncc[nH]1. The first-order valence-electron chi connectivity index (χ1n) is 3.78. The van der Waals surface area contributed by atoms with Crippen molar-refractivity contribution in [3.8, 4) is 0 Å². The zero-order chi connectivity index (χ0) is 9.97. The van der Waals surface area contributed by atoms with Crippen molar-refractivity contribution in [3.63, 3.8) is 0 Å². The van der Waals surface area contributed by atoms with Gasteiger partial charge < -0.3 is 16.5 Å². The summed E-state index contributed by atoms with van der Waals surface area (Å²) in [6.07, 6.45) is 3.20. The van der Waals surface area contributed by atoms with Crippen LogP contribution >= 0.6 is 0 Å². The third-order valence-corrected chi connectivity index (χ3v) is 1.52. The Bertz CT molecular complexity index is 419. The van der Waals surface area contributed by atoms with E-state index in [0.717, 1.165) is 0 Å². The van der Waals surface area contributed by atoms with Crippen molar-refractivity contribution in [1.82, 2.24) is 20.2 Å². The molecule has 0 atom stereocenters. The number of aromatic amines is 2. The van der Waals surface area contributed by atoms with E-state index in [2.05, 4.69) is 30.4 Å². The summed E-state index contributed by atoms with van der Waals surface area (Å²) in [6, 6.07) is 0. The maximum absolute atomic E-state index is 5.50. The first-order chi connectivity index (χ1) is 6.77. The van der Waals surface area contributed by atoms with E-state index in [-0.39, 0.29) is 11.6 Å². The van der Waals surface area contributed by atoms with Gasteiger partial charge in [-0.3, -0.25) is 5.10 Å². The molecule has 0 saturated carbocycles.